The summed E-state index contributed by atoms with van der Waals surface area (Å²) in [5.41, 5.74) is 0. The SMILES string of the molecule is CC/C=C\C/C=C\C/C=C\C/C=C\C/C=C\C/C=C\C/C=C\CCCCCCCCCCCC(=O)OC(CO)COC(=O)CCCCCCCCCCCCC. The Balaban J connectivity index is 3.57. The van der Waals surface area contributed by atoms with E-state index in [1.54, 1.807) is 0 Å². The summed E-state index contributed by atoms with van der Waals surface area (Å²) in [6.07, 6.45) is 63.8. The van der Waals surface area contributed by atoms with Gasteiger partial charge in [-0.25, -0.2) is 0 Å². The van der Waals surface area contributed by atoms with Gasteiger partial charge in [0, 0.05) is 12.8 Å². The number of esters is 2. The lowest BCUT2D eigenvalue weighted by Crippen LogP contribution is -2.28. The van der Waals surface area contributed by atoms with Crippen LogP contribution in [0, 0.1) is 0 Å². The van der Waals surface area contributed by atoms with Gasteiger partial charge >= 0.3 is 11.9 Å². The molecule has 0 aliphatic heterocycles. The number of rotatable bonds is 41. The van der Waals surface area contributed by atoms with E-state index in [1.165, 1.54) is 89.9 Å². The highest BCUT2D eigenvalue weighted by molar-refractivity contribution is 5.70. The fourth-order valence-electron chi connectivity index (χ4n) is 6.24. The van der Waals surface area contributed by atoms with Gasteiger partial charge in [-0.15, -0.1) is 0 Å². The van der Waals surface area contributed by atoms with E-state index in [0.717, 1.165) is 89.9 Å². The molecule has 0 heterocycles. The van der Waals surface area contributed by atoms with Gasteiger partial charge in [0.25, 0.3) is 0 Å². The van der Waals surface area contributed by atoms with Gasteiger partial charge in [0.1, 0.15) is 6.61 Å². The lowest BCUT2D eigenvalue weighted by Gasteiger charge is -2.15. The number of carbonyl (C=O) groups excluding carboxylic acids is 2. The first-order chi connectivity index (χ1) is 27.6. The number of hydrogen-bond donors (Lipinski definition) is 1. The fourth-order valence-corrected chi connectivity index (χ4v) is 6.24. The second-order valence-electron chi connectivity index (χ2n) is 15.1. The van der Waals surface area contributed by atoms with E-state index < -0.39 is 6.10 Å². The lowest BCUT2D eigenvalue weighted by molar-refractivity contribution is -0.161. The maximum Gasteiger partial charge on any atom is 0.306 e. The molecule has 0 radical (unpaired) electrons. The number of unbranched alkanes of at least 4 members (excludes halogenated alkanes) is 19. The van der Waals surface area contributed by atoms with E-state index in [4.69, 9.17) is 9.47 Å². The van der Waals surface area contributed by atoms with Crippen LogP contribution in [-0.4, -0.2) is 36.4 Å². The third kappa shape index (κ3) is 43.8. The minimum absolute atomic E-state index is 0.0697. The molecule has 0 aromatic rings. The van der Waals surface area contributed by atoms with Crippen molar-refractivity contribution in [3.8, 4) is 0 Å². The van der Waals surface area contributed by atoms with Crippen LogP contribution in [0.15, 0.2) is 85.1 Å². The molecule has 5 nitrogen and oxygen atoms in total. The van der Waals surface area contributed by atoms with Gasteiger partial charge in [-0.3, -0.25) is 9.59 Å². The predicted molar refractivity (Wildman–Crippen MR) is 242 cm³/mol. The quantitative estimate of drug-likeness (QED) is 0.0380. The molecule has 56 heavy (non-hydrogen) atoms. The predicted octanol–water partition coefficient (Wildman–Crippen LogP) is 15.1. The summed E-state index contributed by atoms with van der Waals surface area (Å²) in [4.78, 5) is 24.3. The maximum atomic E-state index is 12.2. The Morgan fingerprint density at radius 3 is 1.16 bits per heavy atom. The van der Waals surface area contributed by atoms with E-state index in [1.807, 2.05) is 0 Å². The van der Waals surface area contributed by atoms with E-state index in [0.29, 0.717) is 12.8 Å². The Bertz CT molecular complexity index is 1060. The smallest absolute Gasteiger partial charge is 0.306 e. The Hall–Kier alpha value is -2.92. The van der Waals surface area contributed by atoms with Crippen molar-refractivity contribution in [3.63, 3.8) is 0 Å². The van der Waals surface area contributed by atoms with Crippen molar-refractivity contribution >= 4 is 11.9 Å². The van der Waals surface area contributed by atoms with Crippen LogP contribution in [0.1, 0.15) is 206 Å². The number of aliphatic hydroxyl groups excluding tert-OH is 1. The van der Waals surface area contributed by atoms with Gasteiger partial charge < -0.3 is 14.6 Å². The standard InChI is InChI=1S/C51H86O5/c1-3-5-7-9-11-13-15-16-17-18-19-20-21-22-23-24-25-26-27-28-29-30-31-32-33-34-36-38-40-42-44-46-51(54)56-49(47-52)48-55-50(53)45-43-41-39-37-35-14-12-10-8-6-4-2/h5,7,11,13,16-17,19-20,22-23,25-26,28-29,49,52H,3-4,6,8-10,12,14-15,18,21,24,27,30-48H2,1-2H3/b7-5-,13-11-,17-16-,20-19-,23-22-,26-25-,29-28-. The number of aliphatic hydroxyl groups is 1. The summed E-state index contributed by atoms with van der Waals surface area (Å²) in [5, 5.41) is 9.57. The largest absolute Gasteiger partial charge is 0.462 e. The highest BCUT2D eigenvalue weighted by Crippen LogP contribution is 2.14. The van der Waals surface area contributed by atoms with Gasteiger partial charge in [0.2, 0.25) is 0 Å². The van der Waals surface area contributed by atoms with Crippen molar-refractivity contribution in [1.29, 1.82) is 0 Å². The van der Waals surface area contributed by atoms with Gasteiger partial charge in [-0.05, 0) is 70.6 Å². The zero-order valence-corrected chi connectivity index (χ0v) is 36.4. The number of carbonyl (C=O) groups is 2. The molecule has 1 atom stereocenters. The Kier molecular flexibility index (Phi) is 44.0. The molecule has 1 N–H and O–H groups in total. The zero-order chi connectivity index (χ0) is 40.7. The monoisotopic (exact) mass is 779 g/mol. The van der Waals surface area contributed by atoms with Crippen molar-refractivity contribution in [2.75, 3.05) is 13.2 Å². The molecule has 0 saturated heterocycles. The summed E-state index contributed by atoms with van der Waals surface area (Å²) in [7, 11) is 0. The Labute approximate surface area is 346 Å². The van der Waals surface area contributed by atoms with E-state index in [9.17, 15) is 14.7 Å². The van der Waals surface area contributed by atoms with Crippen LogP contribution >= 0.6 is 0 Å². The molecule has 0 rings (SSSR count). The number of ether oxygens (including phenoxy) is 2. The van der Waals surface area contributed by atoms with Crippen LogP contribution in [0.5, 0.6) is 0 Å². The van der Waals surface area contributed by atoms with E-state index >= 15 is 0 Å². The van der Waals surface area contributed by atoms with Crippen LogP contribution in [0.2, 0.25) is 0 Å². The van der Waals surface area contributed by atoms with Crippen molar-refractivity contribution in [2.45, 2.75) is 213 Å². The van der Waals surface area contributed by atoms with Crippen molar-refractivity contribution < 1.29 is 24.2 Å². The molecule has 0 aliphatic rings. The Morgan fingerprint density at radius 2 is 0.768 bits per heavy atom. The van der Waals surface area contributed by atoms with Crippen molar-refractivity contribution in [2.24, 2.45) is 0 Å². The number of allylic oxidation sites excluding steroid dienone is 14. The summed E-state index contributed by atoms with van der Waals surface area (Å²) in [5.74, 6) is -0.600. The first kappa shape index (κ1) is 53.1. The Morgan fingerprint density at radius 1 is 0.429 bits per heavy atom. The van der Waals surface area contributed by atoms with E-state index in [2.05, 4.69) is 98.9 Å². The molecular weight excluding hydrogens is 693 g/mol. The molecule has 320 valence electrons. The van der Waals surface area contributed by atoms with Gasteiger partial charge in [-0.1, -0.05) is 208 Å². The summed E-state index contributed by atoms with van der Waals surface area (Å²) in [6, 6.07) is 0. The minimum Gasteiger partial charge on any atom is -0.462 e. The molecule has 0 spiro atoms. The molecule has 0 aromatic carbocycles. The van der Waals surface area contributed by atoms with Gasteiger partial charge in [0.15, 0.2) is 6.10 Å². The third-order valence-electron chi connectivity index (χ3n) is 9.70. The van der Waals surface area contributed by atoms with Crippen LogP contribution < -0.4 is 0 Å². The zero-order valence-electron chi connectivity index (χ0n) is 36.4. The molecule has 0 fully saturated rings. The highest BCUT2D eigenvalue weighted by atomic mass is 16.6. The van der Waals surface area contributed by atoms with E-state index in [-0.39, 0.29) is 25.2 Å². The van der Waals surface area contributed by atoms with Crippen LogP contribution in [0.25, 0.3) is 0 Å². The van der Waals surface area contributed by atoms with Crippen molar-refractivity contribution in [3.05, 3.63) is 85.1 Å². The normalized spacial score (nSPS) is 13.0. The summed E-state index contributed by atoms with van der Waals surface area (Å²) < 4.78 is 10.6. The first-order valence-electron chi connectivity index (χ1n) is 23.1. The van der Waals surface area contributed by atoms with Crippen molar-refractivity contribution in [1.82, 2.24) is 0 Å². The molecule has 0 saturated carbocycles. The minimum atomic E-state index is -0.776. The second kappa shape index (κ2) is 46.5. The molecule has 0 aromatic heterocycles. The molecule has 1 unspecified atom stereocenters. The van der Waals surface area contributed by atoms with Gasteiger partial charge in [0.05, 0.1) is 6.61 Å². The number of hydrogen-bond acceptors (Lipinski definition) is 5. The average Bonchev–Trinajstić information content (AvgIpc) is 3.20. The lowest BCUT2D eigenvalue weighted by atomic mass is 10.1. The fraction of sp³-hybridized carbons (Fsp3) is 0.686. The summed E-state index contributed by atoms with van der Waals surface area (Å²) in [6.45, 7) is 4.01. The third-order valence-corrected chi connectivity index (χ3v) is 9.70. The topological polar surface area (TPSA) is 72.8 Å². The molecule has 0 amide bonds. The molecule has 5 heteroatoms. The second-order valence-corrected chi connectivity index (χ2v) is 15.1. The molecular formula is C51H86O5. The van der Waals surface area contributed by atoms with Crippen LogP contribution in [0.4, 0.5) is 0 Å². The highest BCUT2D eigenvalue weighted by Gasteiger charge is 2.16. The molecule has 0 aliphatic carbocycles. The van der Waals surface area contributed by atoms with Gasteiger partial charge in [-0.2, -0.15) is 0 Å². The van der Waals surface area contributed by atoms with Crippen LogP contribution in [-0.2, 0) is 19.1 Å². The average molecular weight is 779 g/mol. The molecule has 0 bridgehead atoms. The maximum absolute atomic E-state index is 12.2. The first-order valence-corrected chi connectivity index (χ1v) is 23.1. The summed E-state index contributed by atoms with van der Waals surface area (Å²) >= 11 is 0. The van der Waals surface area contributed by atoms with Crippen LogP contribution in [0.3, 0.4) is 0 Å².